The lowest BCUT2D eigenvalue weighted by Gasteiger charge is -2.03. The lowest BCUT2D eigenvalue weighted by molar-refractivity contribution is 0.0944. The summed E-state index contributed by atoms with van der Waals surface area (Å²) in [6.07, 6.45) is 3.14. The van der Waals surface area contributed by atoms with E-state index in [1.54, 1.807) is 10.9 Å². The number of halogens is 1. The minimum atomic E-state index is -0.251. The van der Waals surface area contributed by atoms with Gasteiger partial charge >= 0.3 is 0 Å². The quantitative estimate of drug-likeness (QED) is 0.867. The Hall–Kier alpha value is -1.85. The Balaban J connectivity index is 2.05. The van der Waals surface area contributed by atoms with Gasteiger partial charge < -0.3 is 10.4 Å². The number of aromatic nitrogens is 2. The second-order valence-electron chi connectivity index (χ2n) is 4.00. The normalized spacial score (nSPS) is 10.4. The molecule has 1 amide bonds. The van der Waals surface area contributed by atoms with Crippen LogP contribution in [0.2, 0.25) is 5.02 Å². The molecule has 1 aromatic heterocycles. The summed E-state index contributed by atoms with van der Waals surface area (Å²) >= 11 is 6.06. The number of aliphatic hydroxyl groups is 1. The van der Waals surface area contributed by atoms with Crippen LogP contribution in [-0.2, 0) is 6.54 Å². The maximum Gasteiger partial charge on any atom is 0.254 e. The highest BCUT2D eigenvalue weighted by Gasteiger charge is 2.08. The van der Waals surface area contributed by atoms with Crippen molar-refractivity contribution in [1.29, 1.82) is 0 Å². The molecule has 0 bridgehead atoms. The zero-order valence-corrected chi connectivity index (χ0v) is 11.0. The van der Waals surface area contributed by atoms with Crippen molar-refractivity contribution in [3.8, 4) is 0 Å². The number of nitrogens with zero attached hydrogens (tertiary/aromatic N) is 2. The Morgan fingerprint density at radius 2 is 2.21 bits per heavy atom. The van der Waals surface area contributed by atoms with Crippen molar-refractivity contribution in [2.75, 3.05) is 13.2 Å². The average molecular weight is 280 g/mol. The van der Waals surface area contributed by atoms with Crippen LogP contribution in [0.25, 0.3) is 0 Å². The third-order valence-corrected chi connectivity index (χ3v) is 2.95. The van der Waals surface area contributed by atoms with Crippen LogP contribution in [0, 0.1) is 0 Å². The lowest BCUT2D eigenvalue weighted by Crippen LogP contribution is -2.25. The molecule has 1 heterocycles. The number of carbonyl (C=O) groups is 1. The number of hydrogen-bond acceptors (Lipinski definition) is 3. The first-order valence-corrected chi connectivity index (χ1v) is 6.23. The van der Waals surface area contributed by atoms with E-state index in [-0.39, 0.29) is 19.1 Å². The maximum atomic E-state index is 11.6. The maximum absolute atomic E-state index is 11.6. The van der Waals surface area contributed by atoms with Gasteiger partial charge in [-0.1, -0.05) is 29.8 Å². The number of aliphatic hydroxyl groups excluding tert-OH is 1. The summed E-state index contributed by atoms with van der Waals surface area (Å²) in [5.41, 5.74) is 1.40. The van der Waals surface area contributed by atoms with Gasteiger partial charge in [-0.25, -0.2) is 0 Å². The van der Waals surface area contributed by atoms with Gasteiger partial charge in [-0.2, -0.15) is 5.10 Å². The van der Waals surface area contributed by atoms with E-state index in [1.165, 1.54) is 6.20 Å². The summed E-state index contributed by atoms with van der Waals surface area (Å²) in [7, 11) is 0. The van der Waals surface area contributed by atoms with Crippen LogP contribution in [0.5, 0.6) is 0 Å². The number of nitrogens with one attached hydrogen (secondary N) is 1. The molecule has 0 aliphatic heterocycles. The van der Waals surface area contributed by atoms with Crippen molar-refractivity contribution in [2.45, 2.75) is 6.54 Å². The molecule has 0 saturated carbocycles. The topological polar surface area (TPSA) is 67.2 Å². The first-order chi connectivity index (χ1) is 9.20. The molecule has 1 aromatic carbocycles. The summed E-state index contributed by atoms with van der Waals surface area (Å²) in [6, 6.07) is 7.49. The fourth-order valence-electron chi connectivity index (χ4n) is 1.64. The van der Waals surface area contributed by atoms with Crippen LogP contribution in [0.4, 0.5) is 0 Å². The van der Waals surface area contributed by atoms with Crippen molar-refractivity contribution >= 4 is 17.5 Å². The Morgan fingerprint density at radius 3 is 2.95 bits per heavy atom. The van der Waals surface area contributed by atoms with E-state index < -0.39 is 0 Å². The Bertz CT molecular complexity index is 569. The highest BCUT2D eigenvalue weighted by molar-refractivity contribution is 6.31. The van der Waals surface area contributed by atoms with Gasteiger partial charge in [0.15, 0.2) is 0 Å². The lowest BCUT2D eigenvalue weighted by atomic mass is 10.2. The molecule has 0 spiro atoms. The van der Waals surface area contributed by atoms with E-state index in [4.69, 9.17) is 16.7 Å². The SMILES string of the molecule is O=C(NCCO)c1cnn(Cc2ccccc2Cl)c1. The van der Waals surface area contributed by atoms with Crippen LogP contribution in [0.3, 0.4) is 0 Å². The number of hydrogen-bond donors (Lipinski definition) is 2. The molecule has 6 heteroatoms. The second-order valence-corrected chi connectivity index (χ2v) is 4.40. The molecular formula is C13H14ClN3O2. The van der Waals surface area contributed by atoms with Crippen LogP contribution in [-0.4, -0.2) is 33.9 Å². The molecule has 0 unspecified atom stereocenters. The highest BCUT2D eigenvalue weighted by Crippen LogP contribution is 2.16. The summed E-state index contributed by atoms with van der Waals surface area (Å²) in [4.78, 5) is 11.6. The standard InChI is InChI=1S/C13H14ClN3O2/c14-12-4-2-1-3-10(12)8-17-9-11(7-16-17)13(19)15-5-6-18/h1-4,7,9,18H,5-6,8H2,(H,15,19). The van der Waals surface area contributed by atoms with E-state index in [0.29, 0.717) is 17.1 Å². The van der Waals surface area contributed by atoms with Gasteiger partial charge in [-0.3, -0.25) is 9.48 Å². The average Bonchev–Trinajstić information content (AvgIpc) is 2.87. The van der Waals surface area contributed by atoms with Gasteiger partial charge in [-0.15, -0.1) is 0 Å². The third-order valence-electron chi connectivity index (χ3n) is 2.58. The minimum Gasteiger partial charge on any atom is -0.395 e. The molecule has 0 aliphatic rings. The van der Waals surface area contributed by atoms with Crippen LogP contribution < -0.4 is 5.32 Å². The van der Waals surface area contributed by atoms with Crippen LogP contribution in [0.15, 0.2) is 36.7 Å². The van der Waals surface area contributed by atoms with E-state index in [9.17, 15) is 4.79 Å². The number of rotatable bonds is 5. The predicted molar refractivity (Wildman–Crippen MR) is 72.2 cm³/mol. The van der Waals surface area contributed by atoms with Crippen LogP contribution >= 0.6 is 11.6 Å². The molecule has 0 fully saturated rings. The molecule has 0 radical (unpaired) electrons. The first kappa shape index (κ1) is 13.6. The largest absolute Gasteiger partial charge is 0.395 e. The Labute approximate surface area is 115 Å². The van der Waals surface area contributed by atoms with Gasteiger partial charge in [0.05, 0.1) is 24.9 Å². The van der Waals surface area contributed by atoms with E-state index >= 15 is 0 Å². The van der Waals surface area contributed by atoms with E-state index in [2.05, 4.69) is 10.4 Å². The van der Waals surface area contributed by atoms with E-state index in [0.717, 1.165) is 5.56 Å². The van der Waals surface area contributed by atoms with Gasteiger partial charge in [-0.05, 0) is 11.6 Å². The number of carbonyl (C=O) groups excluding carboxylic acids is 1. The molecule has 2 N–H and O–H groups in total. The molecule has 2 aromatic rings. The predicted octanol–water partition coefficient (Wildman–Crippen LogP) is 1.31. The Morgan fingerprint density at radius 1 is 1.42 bits per heavy atom. The minimum absolute atomic E-state index is 0.0838. The molecule has 100 valence electrons. The van der Waals surface area contributed by atoms with Crippen molar-refractivity contribution in [3.63, 3.8) is 0 Å². The van der Waals surface area contributed by atoms with Gasteiger partial charge in [0.1, 0.15) is 0 Å². The van der Waals surface area contributed by atoms with Crippen molar-refractivity contribution in [3.05, 3.63) is 52.8 Å². The number of amides is 1. The number of benzene rings is 1. The molecule has 0 saturated heterocycles. The smallest absolute Gasteiger partial charge is 0.254 e. The monoisotopic (exact) mass is 279 g/mol. The first-order valence-electron chi connectivity index (χ1n) is 5.85. The summed E-state index contributed by atoms with van der Waals surface area (Å²) < 4.78 is 1.65. The molecular weight excluding hydrogens is 266 g/mol. The van der Waals surface area contributed by atoms with Crippen molar-refractivity contribution in [1.82, 2.24) is 15.1 Å². The van der Waals surface area contributed by atoms with Gasteiger partial charge in [0.25, 0.3) is 5.91 Å². The third kappa shape index (κ3) is 3.56. The summed E-state index contributed by atoms with van der Waals surface area (Å²) in [5, 5.41) is 16.0. The molecule has 2 rings (SSSR count). The molecule has 0 aliphatic carbocycles. The fourth-order valence-corrected chi connectivity index (χ4v) is 1.84. The second kappa shape index (κ2) is 6.36. The van der Waals surface area contributed by atoms with E-state index in [1.807, 2.05) is 24.3 Å². The highest BCUT2D eigenvalue weighted by atomic mass is 35.5. The van der Waals surface area contributed by atoms with Crippen molar-refractivity contribution < 1.29 is 9.90 Å². The molecule has 5 nitrogen and oxygen atoms in total. The fraction of sp³-hybridized carbons (Fsp3) is 0.231. The molecule has 19 heavy (non-hydrogen) atoms. The van der Waals surface area contributed by atoms with Gasteiger partial charge in [0, 0.05) is 17.8 Å². The van der Waals surface area contributed by atoms with Crippen molar-refractivity contribution in [2.24, 2.45) is 0 Å². The Kier molecular flexibility index (Phi) is 4.54. The molecule has 0 atom stereocenters. The van der Waals surface area contributed by atoms with Gasteiger partial charge in [0.2, 0.25) is 0 Å². The summed E-state index contributed by atoms with van der Waals surface area (Å²) in [6.45, 7) is 0.654. The zero-order chi connectivity index (χ0) is 13.7. The zero-order valence-electron chi connectivity index (χ0n) is 10.2. The van der Waals surface area contributed by atoms with Crippen LogP contribution in [0.1, 0.15) is 15.9 Å². The summed E-state index contributed by atoms with van der Waals surface area (Å²) in [5.74, 6) is -0.251.